The van der Waals surface area contributed by atoms with Crippen LogP contribution in [0.4, 0.5) is 4.79 Å². The molecule has 0 saturated carbocycles. The van der Waals surface area contributed by atoms with Crippen molar-refractivity contribution in [1.82, 2.24) is 31.0 Å². The maximum absolute atomic E-state index is 12.2. The fourth-order valence-corrected chi connectivity index (χ4v) is 4.80. The lowest BCUT2D eigenvalue weighted by atomic mass is 9.93. The number of hydrogen-bond acceptors (Lipinski definition) is 8. The minimum Gasteiger partial charge on any atom is -0.444 e. The van der Waals surface area contributed by atoms with E-state index in [4.69, 9.17) is 9.57 Å². The summed E-state index contributed by atoms with van der Waals surface area (Å²) in [7, 11) is 2.12. The van der Waals surface area contributed by atoms with Gasteiger partial charge in [0.2, 0.25) is 0 Å². The zero-order valence-electron chi connectivity index (χ0n) is 17.6. The van der Waals surface area contributed by atoms with E-state index in [0.717, 1.165) is 51.5 Å². The average molecular weight is 397 g/mol. The second kappa shape index (κ2) is 8.04. The number of ether oxygens (including phenoxy) is 1. The minimum atomic E-state index is -0.444. The van der Waals surface area contributed by atoms with E-state index in [9.17, 15) is 4.79 Å². The Morgan fingerprint density at radius 1 is 1.07 bits per heavy atom. The van der Waals surface area contributed by atoms with Crippen LogP contribution in [0, 0.1) is 11.8 Å². The molecule has 4 aliphatic rings. The van der Waals surface area contributed by atoms with Crippen molar-refractivity contribution in [3.63, 3.8) is 0 Å². The molecule has 28 heavy (non-hydrogen) atoms. The van der Waals surface area contributed by atoms with Crippen LogP contribution in [-0.2, 0) is 9.57 Å². The molecule has 9 nitrogen and oxygen atoms in total. The highest BCUT2D eigenvalue weighted by atomic mass is 16.7. The first-order valence-electron chi connectivity index (χ1n) is 10.6. The van der Waals surface area contributed by atoms with Gasteiger partial charge in [-0.2, -0.15) is 5.48 Å². The summed E-state index contributed by atoms with van der Waals surface area (Å²) < 4.78 is 5.49. The van der Waals surface area contributed by atoms with E-state index in [1.807, 2.05) is 25.7 Å². The summed E-state index contributed by atoms with van der Waals surface area (Å²) in [5.41, 5.74) is 6.32. The number of likely N-dealkylation sites (tertiary alicyclic amines) is 2. The highest BCUT2D eigenvalue weighted by Crippen LogP contribution is 2.27. The van der Waals surface area contributed by atoms with E-state index >= 15 is 0 Å². The SMILES string of the molecule is CN1CC2CCN(C3NC(C4CCN(C(=O)OC(C)(C)C)CC4)NO3)CC2N1. The lowest BCUT2D eigenvalue weighted by Gasteiger charge is -2.37. The average Bonchev–Trinajstić information content (AvgIpc) is 3.25. The molecular weight excluding hydrogens is 360 g/mol. The van der Waals surface area contributed by atoms with Gasteiger partial charge in [0.1, 0.15) is 5.60 Å². The second-order valence-electron chi connectivity index (χ2n) is 9.70. The van der Waals surface area contributed by atoms with Gasteiger partial charge in [-0.15, -0.1) is 0 Å². The van der Waals surface area contributed by atoms with Gasteiger partial charge in [0, 0.05) is 45.8 Å². The summed E-state index contributed by atoms with van der Waals surface area (Å²) >= 11 is 0. The first-order valence-corrected chi connectivity index (χ1v) is 10.6. The van der Waals surface area contributed by atoms with Crippen molar-refractivity contribution in [3.8, 4) is 0 Å². The van der Waals surface area contributed by atoms with Crippen molar-refractivity contribution in [2.45, 2.75) is 64.2 Å². The van der Waals surface area contributed by atoms with Crippen LogP contribution in [0.25, 0.3) is 0 Å². The number of fused-ring (bicyclic) bond motifs is 1. The Morgan fingerprint density at radius 3 is 2.50 bits per heavy atom. The van der Waals surface area contributed by atoms with Crippen LogP contribution in [0.1, 0.15) is 40.0 Å². The molecule has 4 fully saturated rings. The number of piperidine rings is 2. The molecule has 4 unspecified atom stereocenters. The molecule has 1 amide bonds. The predicted molar refractivity (Wildman–Crippen MR) is 105 cm³/mol. The van der Waals surface area contributed by atoms with E-state index in [1.54, 1.807) is 0 Å². The Morgan fingerprint density at radius 2 is 1.79 bits per heavy atom. The van der Waals surface area contributed by atoms with Crippen molar-refractivity contribution < 1.29 is 14.4 Å². The van der Waals surface area contributed by atoms with Crippen LogP contribution in [-0.4, -0.2) is 84.8 Å². The zero-order valence-corrected chi connectivity index (χ0v) is 17.6. The first kappa shape index (κ1) is 20.3. The van der Waals surface area contributed by atoms with Crippen LogP contribution in [0.3, 0.4) is 0 Å². The molecule has 0 aromatic rings. The van der Waals surface area contributed by atoms with Crippen molar-refractivity contribution in [2.24, 2.45) is 11.8 Å². The summed E-state index contributed by atoms with van der Waals surface area (Å²) in [6.45, 7) is 10.4. The molecule has 160 valence electrons. The van der Waals surface area contributed by atoms with Gasteiger partial charge in [-0.05, 0) is 51.9 Å². The van der Waals surface area contributed by atoms with Gasteiger partial charge in [0.15, 0.2) is 6.35 Å². The topological polar surface area (TPSA) is 81.3 Å². The van der Waals surface area contributed by atoms with Gasteiger partial charge in [0.05, 0.1) is 6.17 Å². The number of rotatable bonds is 2. The molecule has 9 heteroatoms. The molecular formula is C19H36N6O3. The Kier molecular flexibility index (Phi) is 5.83. The molecule has 0 aliphatic carbocycles. The molecule has 4 rings (SSSR count). The quantitative estimate of drug-likeness (QED) is 0.623. The minimum absolute atomic E-state index is 0.0810. The zero-order chi connectivity index (χ0) is 19.9. The number of amides is 1. The predicted octanol–water partition coefficient (Wildman–Crippen LogP) is 0.508. The molecule has 4 saturated heterocycles. The molecule has 4 atom stereocenters. The highest BCUT2D eigenvalue weighted by molar-refractivity contribution is 5.68. The fourth-order valence-electron chi connectivity index (χ4n) is 4.80. The van der Waals surface area contributed by atoms with Crippen molar-refractivity contribution in [1.29, 1.82) is 0 Å². The van der Waals surface area contributed by atoms with E-state index in [0.29, 0.717) is 12.0 Å². The van der Waals surface area contributed by atoms with Crippen LogP contribution >= 0.6 is 0 Å². The number of carbonyl (C=O) groups is 1. The van der Waals surface area contributed by atoms with E-state index in [2.05, 4.69) is 33.2 Å². The summed E-state index contributed by atoms with van der Waals surface area (Å²) in [5.74, 6) is 1.18. The van der Waals surface area contributed by atoms with E-state index in [1.165, 1.54) is 6.42 Å². The molecule has 0 spiro atoms. The maximum Gasteiger partial charge on any atom is 0.410 e. The van der Waals surface area contributed by atoms with Gasteiger partial charge >= 0.3 is 6.09 Å². The molecule has 0 aromatic carbocycles. The fraction of sp³-hybridized carbons (Fsp3) is 0.947. The van der Waals surface area contributed by atoms with Crippen LogP contribution in [0.15, 0.2) is 0 Å². The highest BCUT2D eigenvalue weighted by Gasteiger charge is 2.41. The Balaban J connectivity index is 1.23. The Labute approximate surface area is 168 Å². The Bertz CT molecular complexity index is 562. The molecule has 3 N–H and O–H groups in total. The lowest BCUT2D eigenvalue weighted by molar-refractivity contribution is -0.0877. The summed E-state index contributed by atoms with van der Waals surface area (Å²) in [4.78, 5) is 22.3. The number of hydrazine groups is 1. The second-order valence-corrected chi connectivity index (χ2v) is 9.70. The monoisotopic (exact) mass is 396 g/mol. The smallest absolute Gasteiger partial charge is 0.410 e. The van der Waals surface area contributed by atoms with Crippen LogP contribution in [0.5, 0.6) is 0 Å². The standard InChI is InChI=1S/C19H36N6O3/c1-19(2,3)27-18(26)24-8-5-13(6-9-24)16-20-17(28-22-16)25-10-7-14-11-23(4)21-15(14)12-25/h13-17,20-22H,5-12H2,1-4H3. The number of nitrogens with zero attached hydrogens (tertiary/aromatic N) is 3. The number of hydroxylamine groups is 1. The van der Waals surface area contributed by atoms with Gasteiger partial charge < -0.3 is 9.64 Å². The van der Waals surface area contributed by atoms with Crippen molar-refractivity contribution in [2.75, 3.05) is 39.8 Å². The normalized spacial score (nSPS) is 35.9. The van der Waals surface area contributed by atoms with Gasteiger partial charge in [-0.1, -0.05) is 0 Å². The largest absolute Gasteiger partial charge is 0.444 e. The summed E-state index contributed by atoms with van der Waals surface area (Å²) in [6.07, 6.45) is 2.92. The van der Waals surface area contributed by atoms with E-state index < -0.39 is 5.60 Å². The third kappa shape index (κ3) is 4.60. The molecule has 0 aromatic heterocycles. The molecule has 0 radical (unpaired) electrons. The molecule has 4 heterocycles. The van der Waals surface area contributed by atoms with E-state index in [-0.39, 0.29) is 18.6 Å². The third-order valence-electron chi connectivity index (χ3n) is 6.31. The summed E-state index contributed by atoms with van der Waals surface area (Å²) in [5, 5.41) is 5.83. The maximum atomic E-state index is 12.2. The van der Waals surface area contributed by atoms with Gasteiger partial charge in [-0.25, -0.2) is 9.80 Å². The molecule has 4 aliphatic heterocycles. The van der Waals surface area contributed by atoms with Crippen LogP contribution < -0.4 is 16.2 Å². The first-order chi connectivity index (χ1) is 13.3. The van der Waals surface area contributed by atoms with Crippen molar-refractivity contribution >= 4 is 6.09 Å². The lowest BCUT2D eigenvalue weighted by Crippen LogP contribution is -2.55. The van der Waals surface area contributed by atoms with Gasteiger partial charge in [-0.3, -0.25) is 20.5 Å². The third-order valence-corrected chi connectivity index (χ3v) is 6.31. The number of hydrogen-bond donors (Lipinski definition) is 3. The van der Waals surface area contributed by atoms with Gasteiger partial charge in [0.25, 0.3) is 0 Å². The number of nitrogens with one attached hydrogen (secondary N) is 3. The summed E-state index contributed by atoms with van der Waals surface area (Å²) in [6, 6.07) is 0.514. The molecule has 0 bridgehead atoms. The van der Waals surface area contributed by atoms with Crippen LogP contribution in [0.2, 0.25) is 0 Å². The Hall–Kier alpha value is -0.970. The van der Waals surface area contributed by atoms with Crippen molar-refractivity contribution in [3.05, 3.63) is 0 Å². The number of carbonyl (C=O) groups excluding carboxylic acids is 1.